The highest BCUT2D eigenvalue weighted by Crippen LogP contribution is 2.16. The summed E-state index contributed by atoms with van der Waals surface area (Å²) in [5, 5.41) is 3.67. The van der Waals surface area contributed by atoms with Gasteiger partial charge in [0.2, 0.25) is 5.91 Å². The molecule has 4 rings (SSSR count). The van der Waals surface area contributed by atoms with Crippen molar-refractivity contribution in [3.05, 3.63) is 81.6 Å². The lowest BCUT2D eigenvalue weighted by Crippen LogP contribution is -2.55. The molecule has 2 heterocycles. The van der Waals surface area contributed by atoms with Gasteiger partial charge in [0.15, 0.2) is 5.43 Å². The Morgan fingerprint density at radius 1 is 1.07 bits per heavy atom. The molecule has 1 aliphatic heterocycles. The van der Waals surface area contributed by atoms with Crippen LogP contribution in [-0.2, 0) is 17.8 Å². The molecule has 138 valence electrons. The van der Waals surface area contributed by atoms with Gasteiger partial charge < -0.3 is 10.3 Å². The number of benzene rings is 2. The zero-order chi connectivity index (χ0) is 18.8. The summed E-state index contributed by atoms with van der Waals surface area (Å²) in [4.78, 5) is 30.5. The number of H-pyrrole nitrogens is 1. The van der Waals surface area contributed by atoms with Crippen molar-refractivity contribution in [1.82, 2.24) is 15.2 Å². The molecule has 0 bridgehead atoms. The topological polar surface area (TPSA) is 65.2 Å². The van der Waals surface area contributed by atoms with Crippen LogP contribution in [0.3, 0.4) is 0 Å². The van der Waals surface area contributed by atoms with Crippen molar-refractivity contribution in [3.8, 4) is 0 Å². The molecule has 5 nitrogen and oxygen atoms in total. The predicted octanol–water partition coefficient (Wildman–Crippen LogP) is 2.38. The number of aromatic amines is 1. The smallest absolute Gasteiger partial charge is 0.237 e. The van der Waals surface area contributed by atoms with E-state index in [2.05, 4.69) is 15.2 Å². The van der Waals surface area contributed by atoms with Crippen molar-refractivity contribution < 1.29 is 4.79 Å². The van der Waals surface area contributed by atoms with E-state index < -0.39 is 0 Å². The van der Waals surface area contributed by atoms with E-state index in [1.54, 1.807) is 6.07 Å². The molecule has 1 aromatic heterocycles. The quantitative estimate of drug-likeness (QED) is 0.750. The Labute approximate surface area is 158 Å². The van der Waals surface area contributed by atoms with Crippen LogP contribution in [-0.4, -0.2) is 34.9 Å². The minimum Gasteiger partial charge on any atom is -0.357 e. The number of aryl methyl sites for hydroxylation is 1. The number of hydrogen-bond donors (Lipinski definition) is 2. The van der Waals surface area contributed by atoms with Gasteiger partial charge in [-0.1, -0.05) is 42.0 Å². The van der Waals surface area contributed by atoms with E-state index in [4.69, 9.17) is 0 Å². The van der Waals surface area contributed by atoms with Crippen molar-refractivity contribution in [2.24, 2.45) is 0 Å². The average Bonchev–Trinajstić information content (AvgIpc) is 2.66. The van der Waals surface area contributed by atoms with E-state index in [1.807, 2.05) is 55.5 Å². The minimum absolute atomic E-state index is 0.0171. The Kier molecular flexibility index (Phi) is 4.77. The maximum atomic E-state index is 12.5. The zero-order valence-corrected chi connectivity index (χ0v) is 15.4. The lowest BCUT2D eigenvalue weighted by Gasteiger charge is -2.35. The predicted molar refractivity (Wildman–Crippen MR) is 107 cm³/mol. The van der Waals surface area contributed by atoms with Crippen LogP contribution in [0.2, 0.25) is 0 Å². The fourth-order valence-electron chi connectivity index (χ4n) is 3.73. The number of carbonyl (C=O) groups is 1. The first-order valence-corrected chi connectivity index (χ1v) is 9.28. The Balaban J connectivity index is 1.61. The second-order valence-electron chi connectivity index (χ2n) is 7.17. The molecular formula is C22H23N3O2. The number of hydrogen-bond acceptors (Lipinski definition) is 3. The van der Waals surface area contributed by atoms with E-state index in [9.17, 15) is 9.59 Å². The molecule has 1 fully saturated rings. The minimum atomic E-state index is -0.238. The lowest BCUT2D eigenvalue weighted by atomic mass is 10.0. The van der Waals surface area contributed by atoms with Crippen LogP contribution in [0, 0.1) is 6.92 Å². The lowest BCUT2D eigenvalue weighted by molar-refractivity contribution is -0.129. The van der Waals surface area contributed by atoms with Crippen LogP contribution in [0.25, 0.3) is 10.9 Å². The number of fused-ring (bicyclic) bond motifs is 1. The van der Waals surface area contributed by atoms with Gasteiger partial charge in [-0.2, -0.15) is 0 Å². The molecule has 3 aromatic rings. The van der Waals surface area contributed by atoms with E-state index in [1.165, 1.54) is 0 Å². The van der Waals surface area contributed by atoms with Crippen molar-refractivity contribution in [2.45, 2.75) is 25.9 Å². The molecule has 0 aliphatic carbocycles. The summed E-state index contributed by atoms with van der Waals surface area (Å²) < 4.78 is 0. The van der Waals surface area contributed by atoms with Gasteiger partial charge in [0.05, 0.1) is 6.04 Å². The normalized spacial score (nSPS) is 17.8. The standard InChI is InChI=1S/C22H23N3O2/c1-15-7-8-19-18(11-15)21(26)13-17(24-19)14-25-10-9-23-22(27)20(25)12-16-5-3-2-4-6-16/h2-8,11,13,20H,9-10,12,14H2,1H3,(H,23,27)(H,24,26). The van der Waals surface area contributed by atoms with Crippen LogP contribution in [0.5, 0.6) is 0 Å². The van der Waals surface area contributed by atoms with Crippen molar-refractivity contribution >= 4 is 16.8 Å². The molecule has 0 saturated carbocycles. The van der Waals surface area contributed by atoms with Crippen molar-refractivity contribution in [1.29, 1.82) is 0 Å². The molecule has 2 aromatic carbocycles. The molecular weight excluding hydrogens is 338 g/mol. The summed E-state index contributed by atoms with van der Waals surface area (Å²) in [6.45, 7) is 3.91. The van der Waals surface area contributed by atoms with Gasteiger partial charge in [-0.15, -0.1) is 0 Å². The summed E-state index contributed by atoms with van der Waals surface area (Å²) in [5.41, 5.74) is 3.89. The van der Waals surface area contributed by atoms with E-state index >= 15 is 0 Å². The number of nitrogens with one attached hydrogen (secondary N) is 2. The number of piperazine rings is 1. The molecule has 2 N–H and O–H groups in total. The van der Waals surface area contributed by atoms with Gasteiger partial charge in [-0.05, 0) is 31.0 Å². The van der Waals surface area contributed by atoms with Crippen LogP contribution >= 0.6 is 0 Å². The summed E-state index contributed by atoms with van der Waals surface area (Å²) in [7, 11) is 0. The maximum Gasteiger partial charge on any atom is 0.237 e. The second-order valence-corrected chi connectivity index (χ2v) is 7.17. The van der Waals surface area contributed by atoms with Crippen LogP contribution in [0.4, 0.5) is 0 Å². The van der Waals surface area contributed by atoms with Crippen LogP contribution < -0.4 is 10.7 Å². The molecule has 0 radical (unpaired) electrons. The summed E-state index contributed by atoms with van der Waals surface area (Å²) in [6, 6.07) is 17.3. The average molecular weight is 361 g/mol. The molecule has 27 heavy (non-hydrogen) atoms. The van der Waals surface area contributed by atoms with Gasteiger partial charge in [-0.3, -0.25) is 14.5 Å². The highest BCUT2D eigenvalue weighted by molar-refractivity contribution is 5.83. The fourth-order valence-corrected chi connectivity index (χ4v) is 3.73. The van der Waals surface area contributed by atoms with Gasteiger partial charge in [0, 0.05) is 42.3 Å². The Morgan fingerprint density at radius 3 is 2.70 bits per heavy atom. The molecule has 5 heteroatoms. The first-order valence-electron chi connectivity index (χ1n) is 9.28. The monoisotopic (exact) mass is 361 g/mol. The Morgan fingerprint density at radius 2 is 1.89 bits per heavy atom. The van der Waals surface area contributed by atoms with Crippen molar-refractivity contribution in [2.75, 3.05) is 13.1 Å². The summed E-state index contributed by atoms with van der Waals surface area (Å²) in [5.74, 6) is 0.0452. The zero-order valence-electron chi connectivity index (χ0n) is 15.4. The van der Waals surface area contributed by atoms with E-state index in [0.29, 0.717) is 24.9 Å². The molecule has 1 amide bonds. The third kappa shape index (κ3) is 3.78. The number of amides is 1. The Bertz CT molecular complexity index is 1030. The molecule has 1 aliphatic rings. The SMILES string of the molecule is Cc1ccc2[nH]c(CN3CCNC(=O)C3Cc3ccccc3)cc(=O)c2c1. The Hall–Kier alpha value is -2.92. The van der Waals surface area contributed by atoms with Crippen LogP contribution in [0.1, 0.15) is 16.8 Å². The van der Waals surface area contributed by atoms with Crippen molar-refractivity contribution in [3.63, 3.8) is 0 Å². The molecule has 1 atom stereocenters. The highest BCUT2D eigenvalue weighted by atomic mass is 16.2. The molecule has 1 saturated heterocycles. The van der Waals surface area contributed by atoms with Gasteiger partial charge in [0.25, 0.3) is 0 Å². The third-order valence-corrected chi connectivity index (χ3v) is 5.13. The summed E-state index contributed by atoms with van der Waals surface area (Å²) in [6.07, 6.45) is 0.656. The van der Waals surface area contributed by atoms with Gasteiger partial charge in [0.1, 0.15) is 0 Å². The van der Waals surface area contributed by atoms with E-state index in [0.717, 1.165) is 28.9 Å². The van der Waals surface area contributed by atoms with Gasteiger partial charge in [-0.25, -0.2) is 0 Å². The van der Waals surface area contributed by atoms with Crippen LogP contribution in [0.15, 0.2) is 59.4 Å². The second kappa shape index (κ2) is 7.37. The van der Waals surface area contributed by atoms with Gasteiger partial charge >= 0.3 is 0 Å². The number of rotatable bonds is 4. The maximum absolute atomic E-state index is 12.5. The fraction of sp³-hybridized carbons (Fsp3) is 0.273. The number of pyridine rings is 1. The largest absolute Gasteiger partial charge is 0.357 e. The van der Waals surface area contributed by atoms with E-state index in [-0.39, 0.29) is 17.4 Å². The summed E-state index contributed by atoms with van der Waals surface area (Å²) >= 11 is 0. The molecule has 0 spiro atoms. The number of aromatic nitrogens is 1. The number of nitrogens with zero attached hydrogens (tertiary/aromatic N) is 1. The highest BCUT2D eigenvalue weighted by Gasteiger charge is 2.29. The number of carbonyl (C=O) groups excluding carboxylic acids is 1. The molecule has 1 unspecified atom stereocenters. The third-order valence-electron chi connectivity index (χ3n) is 5.13. The first-order chi connectivity index (χ1) is 13.1. The first kappa shape index (κ1) is 17.5.